The number of halogens is 1. The molecule has 0 aliphatic carbocycles. The maximum atomic E-state index is 5.55. The fourth-order valence-electron chi connectivity index (χ4n) is 1.28. The SMILES string of the molecule is CN(CC=CCCl)CCc1ccncc1. The quantitative estimate of drug-likeness (QED) is 0.545. The molecule has 0 radical (unpaired) electrons. The van der Waals surface area contributed by atoms with Gasteiger partial charge in [0.2, 0.25) is 0 Å². The van der Waals surface area contributed by atoms with Crippen LogP contribution in [0.5, 0.6) is 0 Å². The first kappa shape index (κ1) is 12.2. The summed E-state index contributed by atoms with van der Waals surface area (Å²) in [5.41, 5.74) is 1.33. The van der Waals surface area contributed by atoms with E-state index >= 15 is 0 Å². The molecule has 1 heterocycles. The summed E-state index contributed by atoms with van der Waals surface area (Å²) in [5.74, 6) is 0.595. The molecule has 0 saturated heterocycles. The molecule has 2 nitrogen and oxygen atoms in total. The molecule has 1 aromatic rings. The lowest BCUT2D eigenvalue weighted by Crippen LogP contribution is -2.21. The summed E-state index contributed by atoms with van der Waals surface area (Å²) in [6, 6.07) is 4.12. The van der Waals surface area contributed by atoms with E-state index in [4.69, 9.17) is 11.6 Å². The third-order valence-corrected chi connectivity index (χ3v) is 2.38. The number of hydrogen-bond acceptors (Lipinski definition) is 2. The zero-order valence-corrected chi connectivity index (χ0v) is 9.82. The molecule has 0 bridgehead atoms. The molecule has 0 saturated carbocycles. The summed E-state index contributed by atoms with van der Waals surface area (Å²) in [6.07, 6.45) is 8.81. The minimum Gasteiger partial charge on any atom is -0.302 e. The van der Waals surface area contributed by atoms with Gasteiger partial charge in [0.15, 0.2) is 0 Å². The highest BCUT2D eigenvalue weighted by Gasteiger charge is 1.96. The van der Waals surface area contributed by atoms with Crippen molar-refractivity contribution in [2.24, 2.45) is 0 Å². The third kappa shape index (κ3) is 5.55. The molecule has 0 N–H and O–H groups in total. The van der Waals surface area contributed by atoms with Crippen LogP contribution in [0.4, 0.5) is 0 Å². The molecular formula is C12H17ClN2. The van der Waals surface area contributed by atoms with Crippen LogP contribution in [-0.4, -0.2) is 35.9 Å². The number of alkyl halides is 1. The first-order chi connectivity index (χ1) is 7.33. The Labute approximate surface area is 96.6 Å². The first-order valence-corrected chi connectivity index (χ1v) is 5.65. The van der Waals surface area contributed by atoms with Crippen LogP contribution in [0.15, 0.2) is 36.7 Å². The van der Waals surface area contributed by atoms with Crippen molar-refractivity contribution in [1.82, 2.24) is 9.88 Å². The van der Waals surface area contributed by atoms with Crippen molar-refractivity contribution in [3.05, 3.63) is 42.2 Å². The average Bonchev–Trinajstić information content (AvgIpc) is 2.28. The number of likely N-dealkylation sites (N-methyl/N-ethyl adjacent to an activating group) is 1. The van der Waals surface area contributed by atoms with Gasteiger partial charge in [0, 0.05) is 31.4 Å². The van der Waals surface area contributed by atoms with Crippen molar-refractivity contribution in [1.29, 1.82) is 0 Å². The highest BCUT2D eigenvalue weighted by atomic mass is 35.5. The standard InChI is InChI=1S/C12H17ClN2/c1-15(10-3-2-7-13)11-6-12-4-8-14-9-5-12/h2-5,8-9H,6-7,10-11H2,1H3. The zero-order valence-electron chi connectivity index (χ0n) is 9.06. The van der Waals surface area contributed by atoms with E-state index in [1.54, 1.807) is 0 Å². The molecule has 0 aliphatic rings. The van der Waals surface area contributed by atoms with Gasteiger partial charge in [0.25, 0.3) is 0 Å². The van der Waals surface area contributed by atoms with Gasteiger partial charge in [0.05, 0.1) is 0 Å². The normalized spacial score (nSPS) is 11.4. The van der Waals surface area contributed by atoms with Crippen LogP contribution in [-0.2, 0) is 6.42 Å². The van der Waals surface area contributed by atoms with E-state index < -0.39 is 0 Å². The zero-order chi connectivity index (χ0) is 10.9. The van der Waals surface area contributed by atoms with E-state index in [0.29, 0.717) is 5.88 Å². The van der Waals surface area contributed by atoms with Gasteiger partial charge in [-0.05, 0) is 31.2 Å². The van der Waals surface area contributed by atoms with Crippen LogP contribution in [0.3, 0.4) is 0 Å². The second-order valence-electron chi connectivity index (χ2n) is 3.49. The number of rotatable bonds is 6. The van der Waals surface area contributed by atoms with E-state index in [0.717, 1.165) is 19.5 Å². The minimum absolute atomic E-state index is 0.595. The number of aromatic nitrogens is 1. The summed E-state index contributed by atoms with van der Waals surface area (Å²) in [5, 5.41) is 0. The maximum Gasteiger partial charge on any atom is 0.0404 e. The molecule has 0 spiro atoms. The number of pyridine rings is 1. The Hall–Kier alpha value is -0.860. The van der Waals surface area contributed by atoms with Gasteiger partial charge in [0.1, 0.15) is 0 Å². The monoisotopic (exact) mass is 224 g/mol. The van der Waals surface area contributed by atoms with Gasteiger partial charge >= 0.3 is 0 Å². The molecule has 0 amide bonds. The van der Waals surface area contributed by atoms with Crippen LogP contribution in [0.2, 0.25) is 0 Å². The molecular weight excluding hydrogens is 208 g/mol. The lowest BCUT2D eigenvalue weighted by Gasteiger charge is -2.13. The fraction of sp³-hybridized carbons (Fsp3) is 0.417. The van der Waals surface area contributed by atoms with Crippen LogP contribution in [0.1, 0.15) is 5.56 Å². The average molecular weight is 225 g/mol. The van der Waals surface area contributed by atoms with Gasteiger partial charge in [-0.3, -0.25) is 4.98 Å². The van der Waals surface area contributed by atoms with Gasteiger partial charge in [-0.25, -0.2) is 0 Å². The predicted molar refractivity (Wildman–Crippen MR) is 65.3 cm³/mol. The Bertz CT molecular complexity index is 285. The molecule has 1 rings (SSSR count). The Morgan fingerprint density at radius 2 is 2.07 bits per heavy atom. The second kappa shape index (κ2) is 7.43. The second-order valence-corrected chi connectivity index (χ2v) is 3.80. The molecule has 3 heteroatoms. The predicted octanol–water partition coefficient (Wildman–Crippen LogP) is 2.35. The summed E-state index contributed by atoms with van der Waals surface area (Å²) in [6.45, 7) is 2.01. The Kier molecular flexibility index (Phi) is 6.05. The van der Waals surface area contributed by atoms with Gasteiger partial charge in [-0.1, -0.05) is 12.2 Å². The molecule has 0 atom stereocenters. The summed E-state index contributed by atoms with van der Waals surface area (Å²) >= 11 is 5.55. The first-order valence-electron chi connectivity index (χ1n) is 5.11. The van der Waals surface area contributed by atoms with Gasteiger partial charge in [-0.15, -0.1) is 11.6 Å². The van der Waals surface area contributed by atoms with E-state index in [-0.39, 0.29) is 0 Å². The van der Waals surface area contributed by atoms with Crippen molar-refractivity contribution in [2.45, 2.75) is 6.42 Å². The highest BCUT2D eigenvalue weighted by Crippen LogP contribution is 1.98. The van der Waals surface area contributed by atoms with E-state index in [1.165, 1.54) is 5.56 Å². The van der Waals surface area contributed by atoms with Crippen LogP contribution < -0.4 is 0 Å². The molecule has 82 valence electrons. The van der Waals surface area contributed by atoms with E-state index in [1.807, 2.05) is 18.5 Å². The summed E-state index contributed by atoms with van der Waals surface area (Å²) in [4.78, 5) is 6.26. The lowest BCUT2D eigenvalue weighted by atomic mass is 10.2. The molecule has 0 aromatic carbocycles. The molecule has 1 aromatic heterocycles. The number of hydrogen-bond donors (Lipinski definition) is 0. The topological polar surface area (TPSA) is 16.1 Å². The van der Waals surface area contributed by atoms with E-state index in [2.05, 4.69) is 35.1 Å². The largest absolute Gasteiger partial charge is 0.302 e. The van der Waals surface area contributed by atoms with Crippen LogP contribution >= 0.6 is 11.6 Å². The number of allylic oxidation sites excluding steroid dienone is 1. The van der Waals surface area contributed by atoms with Crippen molar-refractivity contribution in [3.63, 3.8) is 0 Å². The molecule has 15 heavy (non-hydrogen) atoms. The highest BCUT2D eigenvalue weighted by molar-refractivity contribution is 6.18. The van der Waals surface area contributed by atoms with Crippen molar-refractivity contribution >= 4 is 11.6 Å². The van der Waals surface area contributed by atoms with Gasteiger partial charge < -0.3 is 4.90 Å². The molecule has 0 aliphatic heterocycles. The number of nitrogens with zero attached hydrogens (tertiary/aromatic N) is 2. The molecule has 0 fully saturated rings. The Morgan fingerprint density at radius 1 is 1.33 bits per heavy atom. The maximum absolute atomic E-state index is 5.55. The summed E-state index contributed by atoms with van der Waals surface area (Å²) in [7, 11) is 2.11. The van der Waals surface area contributed by atoms with Crippen molar-refractivity contribution < 1.29 is 0 Å². The van der Waals surface area contributed by atoms with Gasteiger partial charge in [-0.2, -0.15) is 0 Å². The van der Waals surface area contributed by atoms with E-state index in [9.17, 15) is 0 Å². The lowest BCUT2D eigenvalue weighted by molar-refractivity contribution is 0.375. The Morgan fingerprint density at radius 3 is 2.73 bits per heavy atom. The molecule has 0 unspecified atom stereocenters. The summed E-state index contributed by atoms with van der Waals surface area (Å²) < 4.78 is 0. The fourth-order valence-corrected chi connectivity index (χ4v) is 1.40. The minimum atomic E-state index is 0.595. The van der Waals surface area contributed by atoms with Crippen LogP contribution in [0, 0.1) is 0 Å². The Balaban J connectivity index is 2.22. The van der Waals surface area contributed by atoms with Crippen molar-refractivity contribution in [2.75, 3.05) is 26.0 Å². The van der Waals surface area contributed by atoms with Crippen LogP contribution in [0.25, 0.3) is 0 Å². The smallest absolute Gasteiger partial charge is 0.0404 e. The van der Waals surface area contributed by atoms with Crippen molar-refractivity contribution in [3.8, 4) is 0 Å². The third-order valence-electron chi connectivity index (χ3n) is 2.20.